The highest BCUT2D eigenvalue weighted by Crippen LogP contribution is 2.25. The van der Waals surface area contributed by atoms with Gasteiger partial charge in [-0.15, -0.1) is 0 Å². The Hall–Kier alpha value is -3.58. The van der Waals surface area contributed by atoms with E-state index >= 15 is 0 Å². The molecule has 0 spiro atoms. The summed E-state index contributed by atoms with van der Waals surface area (Å²) in [4.78, 5) is 12.1. The fraction of sp³-hybridized carbons (Fsp3) is 0.259. The van der Waals surface area contributed by atoms with E-state index in [9.17, 15) is 4.79 Å². The first-order valence-electron chi connectivity index (χ1n) is 10.4. The zero-order chi connectivity index (χ0) is 22.3. The number of hydrogen-bond donors (Lipinski definition) is 0. The number of nitriles is 1. The average Bonchev–Trinajstić information content (AvgIpc) is 2.77. The highest BCUT2D eigenvalue weighted by atomic mass is 16.5. The van der Waals surface area contributed by atoms with Crippen LogP contribution in [0.2, 0.25) is 0 Å². The molecule has 0 aliphatic heterocycles. The van der Waals surface area contributed by atoms with Gasteiger partial charge in [-0.1, -0.05) is 57.2 Å². The predicted octanol–water partition coefficient (Wildman–Crippen LogP) is 6.29. The smallest absolute Gasteiger partial charge is 0.311 e. The van der Waals surface area contributed by atoms with E-state index in [0.717, 1.165) is 16.9 Å². The third kappa shape index (κ3) is 6.45. The van der Waals surface area contributed by atoms with Crippen LogP contribution >= 0.6 is 0 Å². The lowest BCUT2D eigenvalue weighted by molar-refractivity contribution is -0.134. The minimum Gasteiger partial charge on any atom is -0.494 e. The Morgan fingerprint density at radius 1 is 0.839 bits per heavy atom. The van der Waals surface area contributed by atoms with Crippen molar-refractivity contribution in [3.05, 3.63) is 83.9 Å². The Kier molecular flexibility index (Phi) is 7.10. The lowest BCUT2D eigenvalue weighted by atomic mass is 9.87. The Morgan fingerprint density at radius 2 is 1.39 bits per heavy atom. The van der Waals surface area contributed by atoms with Crippen molar-refractivity contribution in [1.29, 1.82) is 5.26 Å². The number of esters is 1. The van der Waals surface area contributed by atoms with E-state index in [4.69, 9.17) is 14.7 Å². The molecule has 0 bridgehead atoms. The van der Waals surface area contributed by atoms with Crippen LogP contribution in [0.1, 0.15) is 44.7 Å². The van der Waals surface area contributed by atoms with Crippen molar-refractivity contribution in [2.24, 2.45) is 0 Å². The lowest BCUT2D eigenvalue weighted by Crippen LogP contribution is -2.11. The van der Waals surface area contributed by atoms with E-state index in [1.54, 1.807) is 24.3 Å². The van der Waals surface area contributed by atoms with Gasteiger partial charge in [-0.25, -0.2) is 0 Å². The maximum absolute atomic E-state index is 12.1. The van der Waals surface area contributed by atoms with Crippen LogP contribution in [0, 0.1) is 11.3 Å². The number of ether oxygens (including phenoxy) is 2. The van der Waals surface area contributed by atoms with Crippen molar-refractivity contribution in [3.63, 3.8) is 0 Å². The Labute approximate surface area is 184 Å². The van der Waals surface area contributed by atoms with Crippen molar-refractivity contribution in [2.75, 3.05) is 6.61 Å². The second-order valence-electron chi connectivity index (χ2n) is 8.41. The van der Waals surface area contributed by atoms with Gasteiger partial charge in [-0.3, -0.25) is 4.79 Å². The van der Waals surface area contributed by atoms with Gasteiger partial charge in [0.05, 0.1) is 18.2 Å². The molecule has 0 aliphatic rings. The lowest BCUT2D eigenvalue weighted by Gasteiger charge is -2.19. The Morgan fingerprint density at radius 3 is 1.94 bits per heavy atom. The number of nitrogens with zero attached hydrogens (tertiary/aromatic N) is 1. The second kappa shape index (κ2) is 9.95. The Balaban J connectivity index is 1.43. The van der Waals surface area contributed by atoms with Gasteiger partial charge in [0.2, 0.25) is 0 Å². The number of benzene rings is 3. The summed E-state index contributed by atoms with van der Waals surface area (Å²) in [7, 11) is 0. The monoisotopic (exact) mass is 413 g/mol. The molecule has 0 radical (unpaired) electrons. The fourth-order valence-electron chi connectivity index (χ4n) is 3.09. The average molecular weight is 414 g/mol. The largest absolute Gasteiger partial charge is 0.494 e. The van der Waals surface area contributed by atoms with Gasteiger partial charge in [-0.05, 0) is 64.9 Å². The molecule has 31 heavy (non-hydrogen) atoms. The van der Waals surface area contributed by atoms with Crippen LogP contribution in [0.3, 0.4) is 0 Å². The zero-order valence-corrected chi connectivity index (χ0v) is 18.2. The van der Waals surface area contributed by atoms with Crippen molar-refractivity contribution < 1.29 is 14.3 Å². The summed E-state index contributed by atoms with van der Waals surface area (Å²) in [5.74, 6) is 1.04. The molecule has 0 aromatic heterocycles. The van der Waals surface area contributed by atoms with Gasteiger partial charge in [0.15, 0.2) is 0 Å². The standard InChI is InChI=1S/C27H27NO3/c1-27(2,3)23-12-16-24(17-13-23)30-18-4-5-26(29)31-25-14-10-22(11-15-25)21-8-6-20(19-28)7-9-21/h6-17H,4-5,18H2,1-3H3. The van der Waals surface area contributed by atoms with E-state index in [2.05, 4.69) is 39.0 Å². The first-order valence-corrected chi connectivity index (χ1v) is 10.4. The van der Waals surface area contributed by atoms with Crippen LogP contribution < -0.4 is 9.47 Å². The number of hydrogen-bond acceptors (Lipinski definition) is 4. The molecule has 0 N–H and O–H groups in total. The molecular weight excluding hydrogens is 386 g/mol. The molecule has 0 unspecified atom stereocenters. The molecule has 4 nitrogen and oxygen atoms in total. The molecule has 0 atom stereocenters. The molecule has 3 aromatic carbocycles. The van der Waals surface area contributed by atoms with Crippen LogP contribution in [0.5, 0.6) is 11.5 Å². The van der Waals surface area contributed by atoms with E-state index in [0.29, 0.717) is 24.3 Å². The maximum Gasteiger partial charge on any atom is 0.311 e. The number of rotatable bonds is 7. The second-order valence-corrected chi connectivity index (χ2v) is 8.41. The summed E-state index contributed by atoms with van der Waals surface area (Å²) in [5.41, 5.74) is 4.00. The Bertz CT molecular complexity index is 1040. The van der Waals surface area contributed by atoms with Gasteiger partial charge >= 0.3 is 5.97 Å². The van der Waals surface area contributed by atoms with Gasteiger partial charge in [0.1, 0.15) is 11.5 Å². The van der Waals surface area contributed by atoms with Crippen LogP contribution in [-0.4, -0.2) is 12.6 Å². The molecular formula is C27H27NO3. The first-order chi connectivity index (χ1) is 14.8. The molecule has 0 aliphatic carbocycles. The zero-order valence-electron chi connectivity index (χ0n) is 18.2. The van der Waals surface area contributed by atoms with Crippen molar-refractivity contribution >= 4 is 5.97 Å². The van der Waals surface area contributed by atoms with Gasteiger partial charge in [0, 0.05) is 6.42 Å². The van der Waals surface area contributed by atoms with Crippen molar-refractivity contribution in [2.45, 2.75) is 39.0 Å². The van der Waals surface area contributed by atoms with Crippen molar-refractivity contribution in [3.8, 4) is 28.7 Å². The van der Waals surface area contributed by atoms with E-state index in [-0.39, 0.29) is 17.8 Å². The molecule has 3 aromatic rings. The van der Waals surface area contributed by atoms with E-state index in [1.807, 2.05) is 36.4 Å². The molecule has 0 saturated carbocycles. The quantitative estimate of drug-likeness (QED) is 0.259. The molecule has 3 rings (SSSR count). The van der Waals surface area contributed by atoms with Gasteiger partial charge in [0.25, 0.3) is 0 Å². The molecule has 0 saturated heterocycles. The summed E-state index contributed by atoms with van der Waals surface area (Å²) < 4.78 is 11.1. The summed E-state index contributed by atoms with van der Waals surface area (Å²) in [6.45, 7) is 6.99. The SMILES string of the molecule is CC(C)(C)c1ccc(OCCCC(=O)Oc2ccc(-c3ccc(C#N)cc3)cc2)cc1. The summed E-state index contributed by atoms with van der Waals surface area (Å²) in [5, 5.41) is 8.88. The van der Waals surface area contributed by atoms with E-state index in [1.165, 1.54) is 5.56 Å². The molecule has 0 heterocycles. The normalized spacial score (nSPS) is 10.9. The number of carbonyl (C=O) groups is 1. The highest BCUT2D eigenvalue weighted by Gasteiger charge is 2.13. The highest BCUT2D eigenvalue weighted by molar-refractivity contribution is 5.73. The summed E-state index contributed by atoms with van der Waals surface area (Å²) >= 11 is 0. The van der Waals surface area contributed by atoms with Gasteiger partial charge in [-0.2, -0.15) is 5.26 Å². The van der Waals surface area contributed by atoms with Crippen LogP contribution in [-0.2, 0) is 10.2 Å². The topological polar surface area (TPSA) is 59.3 Å². The maximum atomic E-state index is 12.1. The fourth-order valence-corrected chi connectivity index (χ4v) is 3.09. The van der Waals surface area contributed by atoms with Crippen LogP contribution in [0.25, 0.3) is 11.1 Å². The van der Waals surface area contributed by atoms with Crippen LogP contribution in [0.4, 0.5) is 0 Å². The third-order valence-corrected chi connectivity index (χ3v) is 4.95. The minimum absolute atomic E-state index is 0.114. The molecule has 158 valence electrons. The molecule has 0 amide bonds. The molecule has 0 fully saturated rings. The summed E-state index contributed by atoms with van der Waals surface area (Å²) in [6, 6.07) is 24.9. The first kappa shape index (κ1) is 22.1. The summed E-state index contributed by atoms with van der Waals surface area (Å²) in [6.07, 6.45) is 0.876. The number of carbonyl (C=O) groups excluding carboxylic acids is 1. The van der Waals surface area contributed by atoms with Gasteiger partial charge < -0.3 is 9.47 Å². The minimum atomic E-state index is -0.280. The van der Waals surface area contributed by atoms with Crippen molar-refractivity contribution in [1.82, 2.24) is 0 Å². The molecule has 4 heteroatoms. The predicted molar refractivity (Wildman–Crippen MR) is 122 cm³/mol. The van der Waals surface area contributed by atoms with E-state index < -0.39 is 0 Å². The third-order valence-electron chi connectivity index (χ3n) is 4.95. The van der Waals surface area contributed by atoms with Crippen LogP contribution in [0.15, 0.2) is 72.8 Å².